The van der Waals surface area contributed by atoms with Crippen LogP contribution in [0.15, 0.2) is 16.0 Å². The minimum absolute atomic E-state index is 0. The van der Waals surface area contributed by atoms with Gasteiger partial charge in [-0.05, 0) is 0 Å². The largest absolute Gasteiger partial charge is 3.00 e. The van der Waals surface area contributed by atoms with Crippen LogP contribution in [0, 0.1) is 61.6 Å². The average molecular weight is 407 g/mol. The molecule has 0 spiro atoms. The first kappa shape index (κ1) is 65.4. The van der Waals surface area contributed by atoms with E-state index in [1.54, 1.807) is 0 Å². The van der Waals surface area contributed by atoms with Gasteiger partial charge in [-0.1, -0.05) is 0 Å². The summed E-state index contributed by atoms with van der Waals surface area (Å²) in [7, 11) is 0. The summed E-state index contributed by atoms with van der Waals surface area (Å²) in [6, 6.07) is 0. The zero-order chi connectivity index (χ0) is 16.2. The van der Waals surface area contributed by atoms with Gasteiger partial charge in [-0.3, -0.25) is 0 Å². The van der Waals surface area contributed by atoms with Crippen molar-refractivity contribution in [3.63, 3.8) is 0 Å². The maximum atomic E-state index is 8.12. The summed E-state index contributed by atoms with van der Waals surface area (Å²) < 4.78 is 0. The van der Waals surface area contributed by atoms with Crippen LogP contribution in [0.25, 0.3) is 0 Å². The van der Waals surface area contributed by atoms with E-state index in [1.807, 2.05) is 0 Å². The summed E-state index contributed by atoms with van der Waals surface area (Å²) >= 11 is 0. The second-order valence-electron chi connectivity index (χ2n) is 0.474. The van der Waals surface area contributed by atoms with Crippen molar-refractivity contribution >= 4 is 0 Å². The number of hydrogen-bond donors (Lipinski definition) is 3. The fourth-order valence-electron chi connectivity index (χ4n) is 0. The molecule has 0 fully saturated rings. The van der Waals surface area contributed by atoms with E-state index in [4.69, 9.17) is 61.6 Å². The van der Waals surface area contributed by atoms with Crippen LogP contribution < -0.4 is 106 Å². The maximum Gasteiger partial charge on any atom is 3.00 e. The Hall–Kier alpha value is 1.35. The van der Waals surface area contributed by atoms with Crippen molar-refractivity contribution in [3.05, 3.63) is 61.6 Å². The molecule has 0 heterocycles. The molecule has 120 valence electrons. The first-order chi connectivity index (χ1) is 8.49. The van der Waals surface area contributed by atoms with Crippen molar-refractivity contribution in [2.45, 2.75) is 0 Å². The molecule has 0 aromatic carbocycles. The van der Waals surface area contributed by atoms with E-state index < -0.39 is 0 Å². The van der Waals surface area contributed by atoms with Crippen molar-refractivity contribution in [1.82, 2.24) is 16.9 Å². The Labute approximate surface area is 197 Å². The molecule has 0 amide bonds. The van der Waals surface area contributed by atoms with Crippen LogP contribution in [0.2, 0.25) is 0 Å². The van der Waals surface area contributed by atoms with E-state index in [0.717, 1.165) is 16.0 Å². The fraction of sp³-hybridized carbons (Fsp3) is 0. The van der Waals surface area contributed by atoms with Crippen LogP contribution in [-0.4, -0.2) is 0 Å². The van der Waals surface area contributed by atoms with Crippen LogP contribution in [0.5, 0.6) is 0 Å². The Kier molecular flexibility index (Phi) is 561. The topological polar surface area (TPSA) is 332 Å². The third-order valence-corrected chi connectivity index (χ3v) is 0. The van der Waals surface area contributed by atoms with Gasteiger partial charge in [-0.15, -0.1) is 16.0 Å². The molecular formula is H3CoN6Na3O12-3. The molecule has 18 nitrogen and oxygen atoms in total. The number of rotatable bonds is 0. The zero-order valence-electron chi connectivity index (χ0n) is 11.1. The second kappa shape index (κ2) is 189. The molecule has 3 N–H and O–H groups in total. The molecule has 0 aliphatic carbocycles. The third-order valence-electron chi connectivity index (χ3n) is 0. The Morgan fingerprint density at radius 1 is 0.500 bits per heavy atom. The van der Waals surface area contributed by atoms with Crippen LogP contribution in [0.1, 0.15) is 0 Å². The van der Waals surface area contributed by atoms with E-state index in [-0.39, 0.29) is 122 Å². The predicted molar refractivity (Wildman–Crippen MR) is 57.1 cm³/mol. The molecule has 22 heteroatoms. The van der Waals surface area contributed by atoms with E-state index >= 15 is 0 Å². The molecule has 0 saturated heterocycles. The van der Waals surface area contributed by atoms with E-state index in [0.29, 0.717) is 0 Å². The summed E-state index contributed by atoms with van der Waals surface area (Å²) in [6.45, 7) is 0. The molecule has 0 rings (SSSR count). The molecule has 0 saturated carbocycles. The fourth-order valence-corrected chi connectivity index (χ4v) is 0. The standard InChI is InChI=1S/Co.6HNO2.3Na/c;6*2-1-3;;;/h;3*(H,2,3);3*1H;;;/q+3;;;;3*-2;3*+1/p-3. The first-order valence-electron chi connectivity index (χ1n) is 2.32. The van der Waals surface area contributed by atoms with Gasteiger partial charge in [0.1, 0.15) is 0 Å². The summed E-state index contributed by atoms with van der Waals surface area (Å²) in [6.07, 6.45) is 0. The van der Waals surface area contributed by atoms with Gasteiger partial charge in [-0.2, -0.15) is 0 Å². The normalized spacial score (nSPS) is 4.09. The Balaban J connectivity index is -0.00000000947. The SMILES string of the molecule is O=N[O-].O=N[O-].O=N[O-].[Co+3].[Na+].[Na+].[Na+].[O-]N[O-].[O-]N[O-].[O-]N[O-]. The molecule has 0 aromatic rings. The van der Waals surface area contributed by atoms with Gasteiger partial charge in [0.2, 0.25) is 0 Å². The van der Waals surface area contributed by atoms with Crippen molar-refractivity contribution < 1.29 is 105 Å². The minimum atomic E-state index is 0. The van der Waals surface area contributed by atoms with Gasteiger partial charge in [0.25, 0.3) is 0 Å². The second-order valence-corrected chi connectivity index (χ2v) is 0.474. The number of nitrogens with zero attached hydrogens (tertiary/aromatic N) is 3. The summed E-state index contributed by atoms with van der Waals surface area (Å²) in [5.74, 6) is 0. The Morgan fingerprint density at radius 3 is 0.500 bits per heavy atom. The smallest absolute Gasteiger partial charge is 0.800 e. The Bertz CT molecular complexity index is 95.8. The molecule has 0 aliphatic heterocycles. The number of hydrogen-bond acceptors (Lipinski definition) is 18. The van der Waals surface area contributed by atoms with Crippen molar-refractivity contribution in [2.75, 3.05) is 0 Å². The van der Waals surface area contributed by atoms with Crippen molar-refractivity contribution in [3.8, 4) is 0 Å². The van der Waals surface area contributed by atoms with Gasteiger partial charge in [0, 0.05) is 0 Å². The molecule has 0 radical (unpaired) electrons. The van der Waals surface area contributed by atoms with Gasteiger partial charge in [0.05, 0.1) is 0 Å². The van der Waals surface area contributed by atoms with Crippen LogP contribution in [0.3, 0.4) is 0 Å². The van der Waals surface area contributed by atoms with E-state index in [9.17, 15) is 0 Å². The monoisotopic (exact) mass is 407 g/mol. The third kappa shape index (κ3) is 4870. The molecule has 0 unspecified atom stereocenters. The summed E-state index contributed by atoms with van der Waals surface area (Å²) in [4.78, 5) is 24.0. The molecule has 0 aromatic heterocycles. The summed E-state index contributed by atoms with van der Waals surface area (Å²) in [5, 5.41) is 75.8. The zero-order valence-corrected chi connectivity index (χ0v) is 18.1. The summed E-state index contributed by atoms with van der Waals surface area (Å²) in [5.41, 5.74) is 0.750. The molecule has 22 heavy (non-hydrogen) atoms. The number of nitrogens with one attached hydrogen (secondary N) is 3. The molecule has 0 bridgehead atoms. The van der Waals surface area contributed by atoms with Crippen LogP contribution >= 0.6 is 0 Å². The Morgan fingerprint density at radius 2 is 0.500 bits per heavy atom. The van der Waals surface area contributed by atoms with E-state index in [1.165, 1.54) is 0 Å². The van der Waals surface area contributed by atoms with Gasteiger partial charge >= 0.3 is 105 Å². The van der Waals surface area contributed by atoms with Gasteiger partial charge < -0.3 is 78.5 Å². The first-order valence-corrected chi connectivity index (χ1v) is 2.32. The quantitative estimate of drug-likeness (QED) is 0.190. The van der Waals surface area contributed by atoms with Crippen molar-refractivity contribution in [1.29, 1.82) is 0 Å². The molecular weight excluding hydrogens is 404 g/mol. The maximum absolute atomic E-state index is 8.12. The molecule has 0 aliphatic rings. The predicted octanol–water partition coefficient (Wildman–Crippen LogP) is -9.52. The van der Waals surface area contributed by atoms with Gasteiger partial charge in [-0.25, -0.2) is 0 Å². The van der Waals surface area contributed by atoms with E-state index in [2.05, 4.69) is 0 Å². The molecule has 0 atom stereocenters. The van der Waals surface area contributed by atoms with Crippen LogP contribution in [-0.2, 0) is 16.8 Å². The van der Waals surface area contributed by atoms with Crippen LogP contribution in [0.4, 0.5) is 0 Å². The average Bonchev–Trinajstić information content (AvgIpc) is 2.23. The minimum Gasteiger partial charge on any atom is -0.800 e. The van der Waals surface area contributed by atoms with Crippen molar-refractivity contribution in [2.24, 2.45) is 16.0 Å². The van der Waals surface area contributed by atoms with Gasteiger partial charge in [0.15, 0.2) is 0 Å².